The van der Waals surface area contributed by atoms with Crippen molar-refractivity contribution in [1.82, 2.24) is 0 Å². The first kappa shape index (κ1) is 4.15. The molecule has 1 heterocycles. The van der Waals surface area contributed by atoms with Crippen LogP contribution in [-0.4, -0.2) is 13.5 Å². The summed E-state index contributed by atoms with van der Waals surface area (Å²) in [6, 6.07) is 0. The molecule has 1 aliphatic rings. The first-order valence-corrected chi connectivity index (χ1v) is 2.01. The van der Waals surface area contributed by atoms with Gasteiger partial charge in [0, 0.05) is 0 Å². The van der Waals surface area contributed by atoms with Gasteiger partial charge in [-0.15, -0.1) is 0 Å². The van der Waals surface area contributed by atoms with Crippen molar-refractivity contribution in [2.75, 3.05) is 6.61 Å². The van der Waals surface area contributed by atoms with E-state index in [1.54, 1.807) is 0 Å². The van der Waals surface area contributed by atoms with Crippen LogP contribution in [0.1, 0.15) is 0 Å². The molecule has 1 fully saturated rings. The standard InChI is InChI=1S/C3H6BO2/c1-4-2-3-5-6-4/h1-3H2. The highest BCUT2D eigenvalue weighted by molar-refractivity contribution is 6.53. The molecule has 2 nitrogen and oxygen atoms in total. The van der Waals surface area contributed by atoms with E-state index in [1.807, 2.05) is 0 Å². The van der Waals surface area contributed by atoms with Crippen LogP contribution in [0.15, 0.2) is 0 Å². The van der Waals surface area contributed by atoms with Gasteiger partial charge in [0.15, 0.2) is 0 Å². The van der Waals surface area contributed by atoms with E-state index in [2.05, 4.69) is 16.5 Å². The summed E-state index contributed by atoms with van der Waals surface area (Å²) in [5.41, 5.74) is 0. The molecule has 0 unspecified atom stereocenters. The van der Waals surface area contributed by atoms with Gasteiger partial charge in [-0.3, -0.25) is 4.89 Å². The predicted octanol–water partition coefficient (Wildman–Crippen LogP) is 0.313. The Labute approximate surface area is 37.5 Å². The second-order valence-electron chi connectivity index (χ2n) is 1.33. The lowest BCUT2D eigenvalue weighted by molar-refractivity contribution is -0.184. The van der Waals surface area contributed by atoms with Crippen molar-refractivity contribution in [3.8, 4) is 0 Å². The zero-order valence-electron chi connectivity index (χ0n) is 3.52. The average molecular weight is 84.9 g/mol. The summed E-state index contributed by atoms with van der Waals surface area (Å²) in [5, 5.41) is 0. The maximum atomic E-state index is 4.54. The van der Waals surface area contributed by atoms with Crippen LogP contribution in [0, 0.1) is 6.82 Å². The van der Waals surface area contributed by atoms with Crippen LogP contribution in [0.4, 0.5) is 0 Å². The summed E-state index contributed by atoms with van der Waals surface area (Å²) < 4.78 is 0. The predicted molar refractivity (Wildman–Crippen MR) is 23.0 cm³/mol. The molecule has 3 heteroatoms. The Morgan fingerprint density at radius 1 is 1.67 bits per heavy atom. The molecule has 1 aliphatic heterocycles. The Kier molecular flexibility index (Phi) is 1.12. The van der Waals surface area contributed by atoms with Gasteiger partial charge in [0.2, 0.25) is 0 Å². The number of hydrogen-bond acceptors (Lipinski definition) is 2. The molecule has 6 heavy (non-hydrogen) atoms. The van der Waals surface area contributed by atoms with Gasteiger partial charge in [0.05, 0.1) is 6.61 Å². The summed E-state index contributed by atoms with van der Waals surface area (Å²) in [5.74, 6) is 0. The third-order valence-electron chi connectivity index (χ3n) is 0.727. The molecule has 0 aromatic rings. The fraction of sp³-hybridized carbons (Fsp3) is 0.667. The van der Waals surface area contributed by atoms with Gasteiger partial charge in [-0.25, -0.2) is 0 Å². The normalized spacial score (nSPS) is 22.5. The minimum absolute atomic E-state index is 0.0741. The molecule has 0 saturated carbocycles. The highest BCUT2D eigenvalue weighted by Gasteiger charge is 2.15. The van der Waals surface area contributed by atoms with Gasteiger partial charge in [-0.2, -0.15) is 0 Å². The quantitative estimate of drug-likeness (QED) is 0.311. The Hall–Kier alpha value is -0.0151. The highest BCUT2D eigenvalue weighted by Crippen LogP contribution is 2.02. The number of hydrogen-bond donors (Lipinski definition) is 0. The van der Waals surface area contributed by atoms with Crippen molar-refractivity contribution in [3.63, 3.8) is 0 Å². The fourth-order valence-corrected chi connectivity index (χ4v) is 0.372. The first-order chi connectivity index (χ1) is 2.89. The molecule has 33 valence electrons. The molecule has 0 aromatic heterocycles. The van der Waals surface area contributed by atoms with E-state index in [0.29, 0.717) is 6.61 Å². The molecule has 1 saturated heterocycles. The van der Waals surface area contributed by atoms with Gasteiger partial charge in [0.1, 0.15) is 0 Å². The Morgan fingerprint density at radius 3 is 2.67 bits per heavy atom. The summed E-state index contributed by atoms with van der Waals surface area (Å²) >= 11 is 0. The van der Waals surface area contributed by atoms with Crippen molar-refractivity contribution >= 4 is 6.92 Å². The molecular weight excluding hydrogens is 78.8 g/mol. The van der Waals surface area contributed by atoms with Crippen LogP contribution < -0.4 is 0 Å². The minimum atomic E-state index is 0.0741. The maximum absolute atomic E-state index is 4.54. The van der Waals surface area contributed by atoms with Crippen LogP contribution in [0.2, 0.25) is 6.32 Å². The van der Waals surface area contributed by atoms with Crippen molar-refractivity contribution < 1.29 is 9.69 Å². The van der Waals surface area contributed by atoms with E-state index in [1.165, 1.54) is 0 Å². The van der Waals surface area contributed by atoms with Crippen molar-refractivity contribution in [2.24, 2.45) is 0 Å². The van der Waals surface area contributed by atoms with Crippen LogP contribution in [0.3, 0.4) is 0 Å². The van der Waals surface area contributed by atoms with Gasteiger partial charge >= 0.3 is 6.92 Å². The molecule has 0 amide bonds. The zero-order chi connectivity index (χ0) is 4.41. The molecule has 0 aliphatic carbocycles. The largest absolute Gasteiger partial charge is 0.342 e. The third-order valence-corrected chi connectivity index (χ3v) is 0.727. The lowest BCUT2D eigenvalue weighted by Crippen LogP contribution is -2.01. The van der Waals surface area contributed by atoms with Crippen LogP contribution in [0.25, 0.3) is 0 Å². The molecule has 0 spiro atoms. The summed E-state index contributed by atoms with van der Waals surface area (Å²) in [7, 11) is 0. The first-order valence-electron chi connectivity index (χ1n) is 2.01. The summed E-state index contributed by atoms with van der Waals surface area (Å²) in [4.78, 5) is 9.04. The van der Waals surface area contributed by atoms with Crippen molar-refractivity contribution in [3.05, 3.63) is 6.82 Å². The molecule has 1 rings (SSSR count). The van der Waals surface area contributed by atoms with Crippen LogP contribution in [-0.2, 0) is 9.69 Å². The van der Waals surface area contributed by atoms with Gasteiger partial charge in [0.25, 0.3) is 0 Å². The summed E-state index contributed by atoms with van der Waals surface area (Å²) in [6.45, 7) is 4.37. The van der Waals surface area contributed by atoms with E-state index in [-0.39, 0.29) is 6.92 Å². The van der Waals surface area contributed by atoms with E-state index in [9.17, 15) is 0 Å². The molecule has 0 bridgehead atoms. The molecular formula is C3H6BO2. The topological polar surface area (TPSA) is 18.5 Å². The Balaban J connectivity index is 2.18. The van der Waals surface area contributed by atoms with Crippen molar-refractivity contribution in [2.45, 2.75) is 6.32 Å². The lowest BCUT2D eigenvalue weighted by atomic mass is 9.69. The lowest BCUT2D eigenvalue weighted by Gasteiger charge is -1.86. The molecule has 0 N–H and O–H groups in total. The smallest absolute Gasteiger partial charge is 0.305 e. The third kappa shape index (κ3) is 0.728. The molecule has 0 aromatic carbocycles. The fourth-order valence-electron chi connectivity index (χ4n) is 0.372. The van der Waals surface area contributed by atoms with E-state index in [4.69, 9.17) is 0 Å². The average Bonchev–Trinajstić information content (AvgIpc) is 1.86. The van der Waals surface area contributed by atoms with E-state index in [0.717, 1.165) is 6.32 Å². The monoisotopic (exact) mass is 85.0 g/mol. The van der Waals surface area contributed by atoms with Gasteiger partial charge in [-0.05, 0) is 13.1 Å². The minimum Gasteiger partial charge on any atom is -0.305 e. The number of rotatable bonds is 0. The van der Waals surface area contributed by atoms with Crippen LogP contribution in [0.5, 0.6) is 0 Å². The molecule has 0 atom stereocenters. The molecule has 1 radical (unpaired) electrons. The van der Waals surface area contributed by atoms with E-state index >= 15 is 0 Å². The van der Waals surface area contributed by atoms with Gasteiger partial charge < -0.3 is 4.81 Å². The Morgan fingerprint density at radius 2 is 2.50 bits per heavy atom. The Bertz CT molecular complexity index is 42.1. The summed E-state index contributed by atoms with van der Waals surface area (Å²) in [6.07, 6.45) is 0.931. The van der Waals surface area contributed by atoms with E-state index < -0.39 is 0 Å². The SMILES string of the molecule is [CH2]B1CCOO1. The van der Waals surface area contributed by atoms with Crippen molar-refractivity contribution in [1.29, 1.82) is 0 Å². The van der Waals surface area contributed by atoms with Crippen LogP contribution >= 0.6 is 0 Å². The van der Waals surface area contributed by atoms with Gasteiger partial charge in [-0.1, -0.05) is 0 Å². The second-order valence-corrected chi connectivity index (χ2v) is 1.33. The second kappa shape index (κ2) is 1.62. The highest BCUT2D eigenvalue weighted by atomic mass is 17.2. The zero-order valence-corrected chi connectivity index (χ0v) is 3.52. The maximum Gasteiger partial charge on any atom is 0.342 e.